The third-order valence-electron chi connectivity index (χ3n) is 2.30. The van der Waals surface area contributed by atoms with Crippen LogP contribution in [0, 0.1) is 17.0 Å². The van der Waals surface area contributed by atoms with Gasteiger partial charge in [0, 0.05) is 31.3 Å². The quantitative estimate of drug-likeness (QED) is 0.625. The van der Waals surface area contributed by atoms with Crippen molar-refractivity contribution in [2.45, 2.75) is 6.92 Å². The number of nitrogens with zero attached hydrogens (tertiary/aromatic N) is 2. The lowest BCUT2D eigenvalue weighted by Crippen LogP contribution is -2.29. The van der Waals surface area contributed by atoms with Gasteiger partial charge in [-0.25, -0.2) is 0 Å². The molecule has 0 aliphatic carbocycles. The highest BCUT2D eigenvalue weighted by molar-refractivity contribution is 5.94. The second-order valence-electron chi connectivity index (χ2n) is 3.76. The molecule has 0 fully saturated rings. The number of carbonyl (C=O) groups excluding carboxylic acids is 1. The Labute approximate surface area is 98.6 Å². The number of aliphatic hydroxyl groups is 1. The Morgan fingerprint density at radius 1 is 1.47 bits per heavy atom. The third-order valence-corrected chi connectivity index (χ3v) is 2.30. The second-order valence-corrected chi connectivity index (χ2v) is 3.76. The van der Waals surface area contributed by atoms with Crippen molar-refractivity contribution in [3.8, 4) is 0 Å². The van der Waals surface area contributed by atoms with Gasteiger partial charge in [0.25, 0.3) is 11.6 Å². The summed E-state index contributed by atoms with van der Waals surface area (Å²) in [4.78, 5) is 23.3. The molecule has 0 aliphatic heterocycles. The van der Waals surface area contributed by atoms with E-state index in [9.17, 15) is 14.9 Å². The number of aliphatic hydroxyl groups excluding tert-OH is 1. The van der Waals surface area contributed by atoms with Crippen molar-refractivity contribution in [3.63, 3.8) is 0 Å². The minimum Gasteiger partial charge on any atom is -0.395 e. The van der Waals surface area contributed by atoms with E-state index >= 15 is 0 Å². The Balaban J connectivity index is 3.05. The van der Waals surface area contributed by atoms with E-state index in [4.69, 9.17) is 5.11 Å². The molecule has 1 amide bonds. The maximum atomic E-state index is 11.9. The Morgan fingerprint density at radius 2 is 2.12 bits per heavy atom. The molecule has 0 unspecified atom stereocenters. The molecular formula is C11H14N2O4. The van der Waals surface area contributed by atoms with Crippen LogP contribution >= 0.6 is 0 Å². The lowest BCUT2D eigenvalue weighted by molar-refractivity contribution is -0.384. The van der Waals surface area contributed by atoms with E-state index in [1.54, 1.807) is 13.0 Å². The number of rotatable bonds is 4. The Bertz CT molecular complexity index is 445. The lowest BCUT2D eigenvalue weighted by atomic mass is 10.1. The molecule has 1 aromatic carbocycles. The van der Waals surface area contributed by atoms with Crippen LogP contribution in [0.25, 0.3) is 0 Å². The normalized spacial score (nSPS) is 10.1. The van der Waals surface area contributed by atoms with E-state index < -0.39 is 4.92 Å². The summed E-state index contributed by atoms with van der Waals surface area (Å²) in [6, 6.07) is 4.23. The van der Waals surface area contributed by atoms with Gasteiger partial charge in [-0.05, 0) is 18.6 Å². The number of benzene rings is 1. The topological polar surface area (TPSA) is 83.7 Å². The average Bonchev–Trinajstić information content (AvgIpc) is 2.27. The van der Waals surface area contributed by atoms with Crippen LogP contribution in [0.2, 0.25) is 0 Å². The summed E-state index contributed by atoms with van der Waals surface area (Å²) >= 11 is 0. The number of nitro benzene ring substituents is 1. The van der Waals surface area contributed by atoms with Crippen molar-refractivity contribution in [2.24, 2.45) is 0 Å². The van der Waals surface area contributed by atoms with Crippen molar-refractivity contribution in [3.05, 3.63) is 39.4 Å². The van der Waals surface area contributed by atoms with Crippen molar-refractivity contribution < 1.29 is 14.8 Å². The number of hydrogen-bond acceptors (Lipinski definition) is 4. The number of hydrogen-bond donors (Lipinski definition) is 1. The van der Waals surface area contributed by atoms with Gasteiger partial charge in [-0.15, -0.1) is 0 Å². The van der Waals surface area contributed by atoms with Crippen LogP contribution in [0.4, 0.5) is 5.69 Å². The fraction of sp³-hybridized carbons (Fsp3) is 0.364. The van der Waals surface area contributed by atoms with E-state index in [0.717, 1.165) is 0 Å². The molecule has 6 heteroatoms. The Kier molecular flexibility index (Phi) is 4.17. The standard InChI is InChI=1S/C11H14N2O4/c1-8-5-9(7-10(6-8)13(16)17)11(15)12(2)3-4-14/h5-7,14H,3-4H2,1-2H3. The molecule has 1 rings (SSSR count). The smallest absolute Gasteiger partial charge is 0.270 e. The number of likely N-dealkylation sites (N-methyl/N-ethyl adjacent to an activating group) is 1. The van der Waals surface area contributed by atoms with E-state index in [1.165, 1.54) is 24.1 Å². The van der Waals surface area contributed by atoms with Gasteiger partial charge in [0.2, 0.25) is 0 Å². The number of aryl methyl sites for hydroxylation is 1. The van der Waals surface area contributed by atoms with Crippen LogP contribution in [-0.2, 0) is 0 Å². The predicted octanol–water partition coefficient (Wildman–Crippen LogP) is 0.968. The summed E-state index contributed by atoms with van der Waals surface area (Å²) in [5.74, 6) is -0.342. The van der Waals surface area contributed by atoms with E-state index in [2.05, 4.69) is 0 Å². The monoisotopic (exact) mass is 238 g/mol. The SMILES string of the molecule is Cc1cc(C(=O)N(C)CCO)cc([N+](=O)[O-])c1. The molecule has 92 valence electrons. The highest BCUT2D eigenvalue weighted by Gasteiger charge is 2.16. The average molecular weight is 238 g/mol. The van der Waals surface area contributed by atoms with Crippen LogP contribution in [0.3, 0.4) is 0 Å². The van der Waals surface area contributed by atoms with Crippen LogP contribution in [0.1, 0.15) is 15.9 Å². The molecule has 0 atom stereocenters. The predicted molar refractivity (Wildman–Crippen MR) is 61.9 cm³/mol. The molecular weight excluding hydrogens is 224 g/mol. The van der Waals surface area contributed by atoms with Gasteiger partial charge in [0.15, 0.2) is 0 Å². The van der Waals surface area contributed by atoms with Crippen LogP contribution in [0.5, 0.6) is 0 Å². The number of amides is 1. The number of carbonyl (C=O) groups is 1. The highest BCUT2D eigenvalue weighted by atomic mass is 16.6. The molecule has 0 radical (unpaired) electrons. The summed E-state index contributed by atoms with van der Waals surface area (Å²) in [6.45, 7) is 1.74. The van der Waals surface area contributed by atoms with Crippen molar-refractivity contribution in [1.82, 2.24) is 4.90 Å². The van der Waals surface area contributed by atoms with Gasteiger partial charge < -0.3 is 10.0 Å². The van der Waals surface area contributed by atoms with E-state index in [0.29, 0.717) is 5.56 Å². The molecule has 0 aromatic heterocycles. The molecule has 0 aliphatic rings. The highest BCUT2D eigenvalue weighted by Crippen LogP contribution is 2.17. The summed E-state index contributed by atoms with van der Waals surface area (Å²) in [5.41, 5.74) is 0.804. The zero-order chi connectivity index (χ0) is 13.0. The van der Waals surface area contributed by atoms with Crippen molar-refractivity contribution >= 4 is 11.6 Å². The molecule has 6 nitrogen and oxygen atoms in total. The molecule has 17 heavy (non-hydrogen) atoms. The maximum Gasteiger partial charge on any atom is 0.270 e. The summed E-state index contributed by atoms with van der Waals surface area (Å²) in [7, 11) is 1.53. The second kappa shape index (κ2) is 5.40. The van der Waals surface area contributed by atoms with Crippen LogP contribution in [0.15, 0.2) is 18.2 Å². The van der Waals surface area contributed by atoms with Crippen LogP contribution in [-0.4, -0.2) is 41.0 Å². The summed E-state index contributed by atoms with van der Waals surface area (Å²) in [6.07, 6.45) is 0. The lowest BCUT2D eigenvalue weighted by Gasteiger charge is -2.15. The van der Waals surface area contributed by atoms with Gasteiger partial charge in [0.1, 0.15) is 0 Å². The Hall–Kier alpha value is -1.95. The fourth-order valence-corrected chi connectivity index (χ4v) is 1.46. The number of non-ortho nitro benzene ring substituents is 1. The van der Waals surface area contributed by atoms with Gasteiger partial charge in [-0.1, -0.05) is 0 Å². The molecule has 1 N–H and O–H groups in total. The summed E-state index contributed by atoms with van der Waals surface area (Å²) in [5, 5.41) is 19.4. The van der Waals surface area contributed by atoms with E-state index in [1.807, 2.05) is 0 Å². The van der Waals surface area contributed by atoms with E-state index in [-0.39, 0.29) is 30.3 Å². The molecule has 0 bridgehead atoms. The molecule has 0 heterocycles. The summed E-state index contributed by atoms with van der Waals surface area (Å²) < 4.78 is 0. The third kappa shape index (κ3) is 3.25. The maximum absolute atomic E-state index is 11.9. The van der Waals surface area contributed by atoms with Gasteiger partial charge in [-0.2, -0.15) is 0 Å². The van der Waals surface area contributed by atoms with Gasteiger partial charge >= 0.3 is 0 Å². The number of nitro groups is 1. The van der Waals surface area contributed by atoms with Gasteiger partial charge in [0.05, 0.1) is 11.5 Å². The first kappa shape index (κ1) is 13.1. The first-order chi connectivity index (χ1) is 7.95. The minimum absolute atomic E-state index is 0.106. The molecule has 1 aromatic rings. The zero-order valence-corrected chi connectivity index (χ0v) is 9.71. The first-order valence-corrected chi connectivity index (χ1v) is 5.08. The van der Waals surface area contributed by atoms with Crippen LogP contribution < -0.4 is 0 Å². The zero-order valence-electron chi connectivity index (χ0n) is 9.71. The largest absolute Gasteiger partial charge is 0.395 e. The van der Waals surface area contributed by atoms with Gasteiger partial charge in [-0.3, -0.25) is 14.9 Å². The molecule has 0 saturated carbocycles. The molecule has 0 saturated heterocycles. The molecule has 0 spiro atoms. The van der Waals surface area contributed by atoms with Crippen molar-refractivity contribution in [1.29, 1.82) is 0 Å². The Morgan fingerprint density at radius 3 is 2.65 bits per heavy atom. The van der Waals surface area contributed by atoms with Crippen molar-refractivity contribution in [2.75, 3.05) is 20.2 Å². The fourth-order valence-electron chi connectivity index (χ4n) is 1.46. The first-order valence-electron chi connectivity index (χ1n) is 5.08. The minimum atomic E-state index is -0.532.